The molecule has 0 aromatic heterocycles. The third kappa shape index (κ3) is 4.46. The van der Waals surface area contributed by atoms with Crippen LogP contribution >= 0.6 is 0 Å². The van der Waals surface area contributed by atoms with E-state index in [0.717, 1.165) is 5.56 Å². The van der Waals surface area contributed by atoms with Crippen LogP contribution in [-0.4, -0.2) is 20.9 Å². The summed E-state index contributed by atoms with van der Waals surface area (Å²) >= 11 is 0. The third-order valence-electron chi connectivity index (χ3n) is 3.03. The lowest BCUT2D eigenvalue weighted by atomic mass is 9.83. The molecule has 0 radical (unpaired) electrons. The molecule has 3 nitrogen and oxygen atoms in total. The van der Waals surface area contributed by atoms with Gasteiger partial charge in [0.1, 0.15) is 0 Å². The van der Waals surface area contributed by atoms with E-state index in [1.807, 2.05) is 51.1 Å². The predicted molar refractivity (Wildman–Crippen MR) is 84.0 cm³/mol. The largest absolute Gasteiger partial charge is 0.465 e. The predicted octanol–water partition coefficient (Wildman–Crippen LogP) is 4.17. The molecule has 1 aromatic rings. The summed E-state index contributed by atoms with van der Waals surface area (Å²) in [6.07, 6.45) is -0.283. The van der Waals surface area contributed by atoms with Gasteiger partial charge in [-0.15, -0.1) is 0 Å². The topological polar surface area (TPSA) is 35.5 Å². The van der Waals surface area contributed by atoms with Gasteiger partial charge in [-0.2, -0.15) is 0 Å². The SMILES string of the molecule is CCOC(=O)C(C)(C)[C@H](O[Si](C)(C)C)c1ccccc1. The zero-order valence-electron chi connectivity index (χ0n) is 13.4. The van der Waals surface area contributed by atoms with Gasteiger partial charge < -0.3 is 9.16 Å². The van der Waals surface area contributed by atoms with Gasteiger partial charge in [0.05, 0.1) is 18.1 Å². The second-order valence-electron chi connectivity index (χ2n) is 6.46. The van der Waals surface area contributed by atoms with Gasteiger partial charge in [-0.1, -0.05) is 30.3 Å². The highest BCUT2D eigenvalue weighted by Crippen LogP contribution is 2.39. The molecule has 1 rings (SSSR count). The number of carbonyl (C=O) groups is 1. The molecule has 0 aliphatic rings. The van der Waals surface area contributed by atoms with E-state index in [2.05, 4.69) is 19.6 Å². The molecule has 0 saturated carbocycles. The van der Waals surface area contributed by atoms with Crippen LogP contribution in [0, 0.1) is 5.41 Å². The van der Waals surface area contributed by atoms with Crippen LogP contribution in [0.1, 0.15) is 32.4 Å². The maximum atomic E-state index is 12.3. The van der Waals surface area contributed by atoms with Crippen molar-refractivity contribution >= 4 is 14.3 Å². The van der Waals surface area contributed by atoms with E-state index in [4.69, 9.17) is 9.16 Å². The Kier molecular flexibility index (Phi) is 5.54. The zero-order chi connectivity index (χ0) is 15.4. The molecule has 1 aromatic carbocycles. The van der Waals surface area contributed by atoms with Crippen LogP contribution in [-0.2, 0) is 14.0 Å². The number of carbonyl (C=O) groups excluding carboxylic acids is 1. The summed E-state index contributed by atoms with van der Waals surface area (Å²) in [5.41, 5.74) is 0.311. The molecular formula is C16H26O3Si. The first-order valence-electron chi connectivity index (χ1n) is 7.08. The molecule has 0 spiro atoms. The monoisotopic (exact) mass is 294 g/mol. The average molecular weight is 294 g/mol. The van der Waals surface area contributed by atoms with Crippen LogP contribution in [0.5, 0.6) is 0 Å². The second-order valence-corrected chi connectivity index (χ2v) is 10.9. The second kappa shape index (κ2) is 6.55. The molecule has 0 amide bonds. The first-order chi connectivity index (χ1) is 9.18. The van der Waals surface area contributed by atoms with Crippen LogP contribution in [0.15, 0.2) is 30.3 Å². The van der Waals surface area contributed by atoms with E-state index in [9.17, 15) is 4.79 Å². The maximum Gasteiger partial charge on any atom is 0.314 e. The van der Waals surface area contributed by atoms with Gasteiger partial charge in [0.15, 0.2) is 8.32 Å². The summed E-state index contributed by atoms with van der Waals surface area (Å²) in [4.78, 5) is 12.3. The summed E-state index contributed by atoms with van der Waals surface area (Å²) in [5.74, 6) is -0.216. The van der Waals surface area contributed by atoms with Gasteiger partial charge in [0, 0.05) is 0 Å². The highest BCUT2D eigenvalue weighted by molar-refractivity contribution is 6.69. The lowest BCUT2D eigenvalue weighted by molar-refractivity contribution is -0.159. The molecule has 0 aliphatic carbocycles. The van der Waals surface area contributed by atoms with Gasteiger partial charge in [0.2, 0.25) is 0 Å². The van der Waals surface area contributed by atoms with Crippen LogP contribution in [0.4, 0.5) is 0 Å². The van der Waals surface area contributed by atoms with Gasteiger partial charge in [-0.3, -0.25) is 4.79 Å². The van der Waals surface area contributed by atoms with Gasteiger partial charge in [0.25, 0.3) is 0 Å². The standard InChI is InChI=1S/C16H26O3Si/c1-7-18-15(17)16(2,3)14(19-20(4,5)6)13-11-9-8-10-12-13/h8-12,14H,7H2,1-6H3/t14-/m1/s1. The number of hydrogen-bond donors (Lipinski definition) is 0. The number of hydrogen-bond acceptors (Lipinski definition) is 3. The van der Waals surface area contributed by atoms with E-state index in [1.165, 1.54) is 0 Å². The molecule has 4 heteroatoms. The van der Waals surface area contributed by atoms with Crippen molar-refractivity contribution in [3.63, 3.8) is 0 Å². The number of benzene rings is 1. The minimum atomic E-state index is -1.79. The van der Waals surface area contributed by atoms with Gasteiger partial charge >= 0.3 is 5.97 Å². The van der Waals surface area contributed by atoms with Crippen molar-refractivity contribution in [2.75, 3.05) is 6.61 Å². The van der Waals surface area contributed by atoms with Crippen LogP contribution < -0.4 is 0 Å². The fraction of sp³-hybridized carbons (Fsp3) is 0.562. The molecule has 0 heterocycles. The lowest BCUT2D eigenvalue weighted by Gasteiger charge is -2.36. The fourth-order valence-electron chi connectivity index (χ4n) is 2.04. The Hall–Kier alpha value is -1.13. The zero-order valence-corrected chi connectivity index (χ0v) is 14.4. The van der Waals surface area contributed by atoms with E-state index < -0.39 is 13.7 Å². The summed E-state index contributed by atoms with van der Waals surface area (Å²) < 4.78 is 11.5. The summed E-state index contributed by atoms with van der Waals surface area (Å²) in [6.45, 7) is 12.4. The first-order valence-corrected chi connectivity index (χ1v) is 10.5. The van der Waals surface area contributed by atoms with Crippen molar-refractivity contribution in [3.05, 3.63) is 35.9 Å². The van der Waals surface area contributed by atoms with Crippen LogP contribution in [0.3, 0.4) is 0 Å². The Labute approximate surface area is 123 Å². The highest BCUT2D eigenvalue weighted by Gasteiger charge is 2.42. The Bertz CT molecular complexity index is 435. The van der Waals surface area contributed by atoms with Gasteiger partial charge in [-0.05, 0) is 46.0 Å². The highest BCUT2D eigenvalue weighted by atomic mass is 28.4. The van der Waals surface area contributed by atoms with Crippen molar-refractivity contribution in [1.82, 2.24) is 0 Å². The molecule has 1 atom stereocenters. The fourth-order valence-corrected chi connectivity index (χ4v) is 3.18. The molecular weight excluding hydrogens is 268 g/mol. The van der Waals surface area contributed by atoms with Crippen molar-refractivity contribution < 1.29 is 14.0 Å². The molecule has 0 saturated heterocycles. The van der Waals surface area contributed by atoms with E-state index in [1.54, 1.807) is 0 Å². The normalized spacial score (nSPS) is 13.9. The minimum absolute atomic E-state index is 0.216. The maximum absolute atomic E-state index is 12.3. The molecule has 20 heavy (non-hydrogen) atoms. The van der Waals surface area contributed by atoms with E-state index in [0.29, 0.717) is 6.61 Å². The van der Waals surface area contributed by atoms with Crippen LogP contribution in [0.2, 0.25) is 19.6 Å². The van der Waals surface area contributed by atoms with E-state index in [-0.39, 0.29) is 12.1 Å². The molecule has 112 valence electrons. The Morgan fingerprint density at radius 1 is 1.20 bits per heavy atom. The van der Waals surface area contributed by atoms with Crippen molar-refractivity contribution in [1.29, 1.82) is 0 Å². The summed E-state index contributed by atoms with van der Waals surface area (Å²) in [7, 11) is -1.79. The van der Waals surface area contributed by atoms with Crippen molar-refractivity contribution in [2.24, 2.45) is 5.41 Å². The number of esters is 1. The number of rotatable bonds is 6. The summed E-state index contributed by atoms with van der Waals surface area (Å²) in [5, 5.41) is 0. The molecule has 0 N–H and O–H groups in total. The third-order valence-corrected chi connectivity index (χ3v) is 3.97. The van der Waals surface area contributed by atoms with Crippen molar-refractivity contribution in [3.8, 4) is 0 Å². The number of ether oxygens (including phenoxy) is 1. The molecule has 0 bridgehead atoms. The Morgan fingerprint density at radius 2 is 1.75 bits per heavy atom. The Morgan fingerprint density at radius 3 is 2.20 bits per heavy atom. The molecule has 0 aliphatic heterocycles. The average Bonchev–Trinajstić information content (AvgIpc) is 2.36. The van der Waals surface area contributed by atoms with Crippen molar-refractivity contribution in [2.45, 2.75) is 46.5 Å². The van der Waals surface area contributed by atoms with E-state index >= 15 is 0 Å². The molecule has 0 unspecified atom stereocenters. The van der Waals surface area contributed by atoms with Gasteiger partial charge in [-0.25, -0.2) is 0 Å². The minimum Gasteiger partial charge on any atom is -0.465 e. The quantitative estimate of drug-likeness (QED) is 0.583. The first kappa shape index (κ1) is 16.9. The Balaban J connectivity index is 3.14. The lowest BCUT2D eigenvalue weighted by Crippen LogP contribution is -2.40. The smallest absolute Gasteiger partial charge is 0.314 e. The molecule has 0 fully saturated rings. The summed E-state index contributed by atoms with van der Waals surface area (Å²) in [6, 6.07) is 9.91. The van der Waals surface area contributed by atoms with Crippen LogP contribution in [0.25, 0.3) is 0 Å².